The zero-order valence-corrected chi connectivity index (χ0v) is 13.9. The van der Waals surface area contributed by atoms with Crippen molar-refractivity contribution in [2.45, 2.75) is 57.5 Å². The zero-order chi connectivity index (χ0) is 16.8. The van der Waals surface area contributed by atoms with E-state index >= 15 is 0 Å². The molecular weight excluding hydrogens is 306 g/mol. The van der Waals surface area contributed by atoms with E-state index in [-0.39, 0.29) is 12.1 Å². The summed E-state index contributed by atoms with van der Waals surface area (Å²) in [5.74, 6) is 1.61. The molecule has 0 saturated heterocycles. The SMILES string of the molecule is CC(NC(=O)NCc1cccnc1)c1nc(C2CCCCC2)no1. The third-order valence-electron chi connectivity index (χ3n) is 4.32. The van der Waals surface area contributed by atoms with Crippen molar-refractivity contribution in [2.24, 2.45) is 0 Å². The van der Waals surface area contributed by atoms with Crippen molar-refractivity contribution in [2.75, 3.05) is 0 Å². The smallest absolute Gasteiger partial charge is 0.315 e. The van der Waals surface area contributed by atoms with Crippen molar-refractivity contribution in [3.8, 4) is 0 Å². The number of hydrogen-bond donors (Lipinski definition) is 2. The summed E-state index contributed by atoms with van der Waals surface area (Å²) in [6.45, 7) is 2.26. The molecule has 1 aliphatic rings. The van der Waals surface area contributed by atoms with Gasteiger partial charge in [-0.1, -0.05) is 30.5 Å². The summed E-state index contributed by atoms with van der Waals surface area (Å²) >= 11 is 0. The number of carbonyl (C=O) groups is 1. The summed E-state index contributed by atoms with van der Waals surface area (Å²) in [6, 6.07) is 3.14. The molecule has 0 bridgehead atoms. The average molecular weight is 329 g/mol. The number of nitrogens with zero attached hydrogens (tertiary/aromatic N) is 3. The van der Waals surface area contributed by atoms with E-state index in [0.29, 0.717) is 18.4 Å². The Morgan fingerprint density at radius 2 is 2.21 bits per heavy atom. The fourth-order valence-corrected chi connectivity index (χ4v) is 2.94. The van der Waals surface area contributed by atoms with E-state index in [1.807, 2.05) is 19.1 Å². The van der Waals surface area contributed by atoms with Gasteiger partial charge in [0, 0.05) is 24.9 Å². The highest BCUT2D eigenvalue weighted by Gasteiger charge is 2.23. The van der Waals surface area contributed by atoms with Gasteiger partial charge in [0.2, 0.25) is 5.89 Å². The summed E-state index contributed by atoms with van der Waals surface area (Å²) in [5, 5.41) is 9.70. The summed E-state index contributed by atoms with van der Waals surface area (Å²) in [5.41, 5.74) is 0.942. The van der Waals surface area contributed by atoms with E-state index in [4.69, 9.17) is 4.52 Å². The monoisotopic (exact) mass is 329 g/mol. The second kappa shape index (κ2) is 7.90. The lowest BCUT2D eigenvalue weighted by atomic mass is 9.89. The van der Waals surface area contributed by atoms with Crippen LogP contribution in [0.1, 0.15) is 68.3 Å². The van der Waals surface area contributed by atoms with Crippen molar-refractivity contribution in [3.05, 3.63) is 41.8 Å². The van der Waals surface area contributed by atoms with Gasteiger partial charge >= 0.3 is 6.03 Å². The predicted molar refractivity (Wildman–Crippen MR) is 88.1 cm³/mol. The molecule has 1 unspecified atom stereocenters. The van der Waals surface area contributed by atoms with E-state index in [9.17, 15) is 4.79 Å². The van der Waals surface area contributed by atoms with Crippen LogP contribution in [0.3, 0.4) is 0 Å². The molecule has 0 radical (unpaired) electrons. The maximum Gasteiger partial charge on any atom is 0.315 e. The first-order chi connectivity index (χ1) is 11.7. The number of aromatic nitrogens is 3. The van der Waals surface area contributed by atoms with Gasteiger partial charge in [0.15, 0.2) is 5.82 Å². The van der Waals surface area contributed by atoms with E-state index < -0.39 is 0 Å². The first-order valence-corrected chi connectivity index (χ1v) is 8.49. The molecule has 1 saturated carbocycles. The molecule has 1 fully saturated rings. The number of rotatable bonds is 5. The molecule has 1 aliphatic carbocycles. The number of hydrogen-bond acceptors (Lipinski definition) is 5. The van der Waals surface area contributed by atoms with Gasteiger partial charge < -0.3 is 15.2 Å². The first kappa shape index (κ1) is 16.4. The molecule has 7 nitrogen and oxygen atoms in total. The largest absolute Gasteiger partial charge is 0.337 e. The van der Waals surface area contributed by atoms with Gasteiger partial charge in [0.1, 0.15) is 6.04 Å². The highest BCUT2D eigenvalue weighted by molar-refractivity contribution is 5.74. The van der Waals surface area contributed by atoms with Gasteiger partial charge in [-0.2, -0.15) is 4.98 Å². The van der Waals surface area contributed by atoms with Crippen LogP contribution in [0.15, 0.2) is 29.0 Å². The Hall–Kier alpha value is -2.44. The molecular formula is C17H23N5O2. The maximum atomic E-state index is 12.0. The highest BCUT2D eigenvalue weighted by atomic mass is 16.5. The molecule has 0 aromatic carbocycles. The molecule has 2 N–H and O–H groups in total. The normalized spacial score (nSPS) is 16.5. The van der Waals surface area contributed by atoms with Gasteiger partial charge in [0.25, 0.3) is 0 Å². The molecule has 24 heavy (non-hydrogen) atoms. The Balaban J connectivity index is 1.50. The first-order valence-electron chi connectivity index (χ1n) is 8.49. The molecule has 128 valence electrons. The van der Waals surface area contributed by atoms with Crippen LogP contribution in [0, 0.1) is 0 Å². The fraction of sp³-hybridized carbons (Fsp3) is 0.529. The molecule has 2 amide bonds. The Kier molecular flexibility index (Phi) is 5.40. The number of amides is 2. The van der Waals surface area contributed by atoms with E-state index in [1.54, 1.807) is 12.4 Å². The lowest BCUT2D eigenvalue weighted by Crippen LogP contribution is -2.36. The van der Waals surface area contributed by atoms with E-state index in [1.165, 1.54) is 19.3 Å². The van der Waals surface area contributed by atoms with Crippen molar-refractivity contribution in [3.63, 3.8) is 0 Å². The molecule has 3 rings (SSSR count). The summed E-state index contributed by atoms with van der Waals surface area (Å²) in [7, 11) is 0. The van der Waals surface area contributed by atoms with Crippen molar-refractivity contribution >= 4 is 6.03 Å². The van der Waals surface area contributed by atoms with Crippen LogP contribution >= 0.6 is 0 Å². The van der Waals surface area contributed by atoms with Crippen LogP contribution in [0.5, 0.6) is 0 Å². The maximum absolute atomic E-state index is 12.0. The minimum absolute atomic E-state index is 0.274. The summed E-state index contributed by atoms with van der Waals surface area (Å²) in [6.07, 6.45) is 9.39. The van der Waals surface area contributed by atoms with Crippen LogP contribution in [0.25, 0.3) is 0 Å². The number of nitrogens with one attached hydrogen (secondary N) is 2. The van der Waals surface area contributed by atoms with Crippen molar-refractivity contribution < 1.29 is 9.32 Å². The van der Waals surface area contributed by atoms with Crippen molar-refractivity contribution in [1.29, 1.82) is 0 Å². The van der Waals surface area contributed by atoms with E-state index in [0.717, 1.165) is 24.2 Å². The molecule has 2 aromatic heterocycles. The lowest BCUT2D eigenvalue weighted by Gasteiger charge is -2.17. The van der Waals surface area contributed by atoms with Gasteiger partial charge in [-0.15, -0.1) is 0 Å². The second-order valence-corrected chi connectivity index (χ2v) is 6.24. The molecule has 1 atom stereocenters. The Morgan fingerprint density at radius 3 is 2.96 bits per heavy atom. The predicted octanol–water partition coefficient (Wildman–Crippen LogP) is 3.07. The summed E-state index contributed by atoms with van der Waals surface area (Å²) < 4.78 is 5.33. The van der Waals surface area contributed by atoms with Crippen LogP contribution in [0.2, 0.25) is 0 Å². The molecule has 7 heteroatoms. The number of urea groups is 1. The quantitative estimate of drug-likeness (QED) is 0.879. The minimum atomic E-state index is -0.330. The standard InChI is InChI=1S/C17H23N5O2/c1-12(20-17(23)19-11-13-6-5-9-18-10-13)16-21-15(22-24-16)14-7-3-2-4-8-14/h5-6,9-10,12,14H,2-4,7-8,11H2,1H3,(H2,19,20,23). The molecule has 2 aromatic rings. The fourth-order valence-electron chi connectivity index (χ4n) is 2.94. The Bertz CT molecular complexity index is 652. The summed E-state index contributed by atoms with van der Waals surface area (Å²) in [4.78, 5) is 20.5. The van der Waals surface area contributed by atoms with Crippen LogP contribution in [-0.2, 0) is 6.54 Å². The zero-order valence-electron chi connectivity index (χ0n) is 13.9. The van der Waals surface area contributed by atoms with Crippen LogP contribution in [-0.4, -0.2) is 21.2 Å². The Labute approximate surface area is 141 Å². The number of pyridine rings is 1. The van der Waals surface area contributed by atoms with Crippen LogP contribution in [0.4, 0.5) is 4.79 Å². The number of carbonyl (C=O) groups excluding carboxylic acids is 1. The highest BCUT2D eigenvalue weighted by Crippen LogP contribution is 2.31. The minimum Gasteiger partial charge on any atom is -0.337 e. The van der Waals surface area contributed by atoms with Gasteiger partial charge in [0.05, 0.1) is 0 Å². The average Bonchev–Trinajstić information content (AvgIpc) is 3.12. The van der Waals surface area contributed by atoms with Crippen molar-refractivity contribution in [1.82, 2.24) is 25.8 Å². The third kappa shape index (κ3) is 4.31. The third-order valence-corrected chi connectivity index (χ3v) is 4.32. The molecule has 0 aliphatic heterocycles. The van der Waals surface area contributed by atoms with Gasteiger partial charge in [-0.05, 0) is 31.4 Å². The lowest BCUT2D eigenvalue weighted by molar-refractivity contribution is 0.233. The van der Waals surface area contributed by atoms with Crippen LogP contribution < -0.4 is 10.6 Å². The van der Waals surface area contributed by atoms with E-state index in [2.05, 4.69) is 25.8 Å². The van der Waals surface area contributed by atoms with Gasteiger partial charge in [-0.25, -0.2) is 4.79 Å². The second-order valence-electron chi connectivity index (χ2n) is 6.24. The van der Waals surface area contributed by atoms with Gasteiger partial charge in [-0.3, -0.25) is 4.98 Å². The molecule has 2 heterocycles. The topological polar surface area (TPSA) is 92.9 Å². The molecule has 0 spiro atoms. The Morgan fingerprint density at radius 1 is 1.38 bits per heavy atom.